The number of nitrogens with one attached hydrogen (secondary N) is 2. The Morgan fingerprint density at radius 3 is 2.01 bits per heavy atom. The number of phenolic OH excluding ortho intramolecular Hbond substituents is 4. The van der Waals surface area contributed by atoms with E-state index in [4.69, 9.17) is 77.3 Å². The fourth-order valence-electron chi connectivity index (χ4n) is 15.0. The maximum Gasteiger partial charge on any atom is 0.481 e. The molecule has 51 nitrogen and oxygen atoms in total. The van der Waals surface area contributed by atoms with Crippen molar-refractivity contribution in [2.24, 2.45) is 57.0 Å². The molecule has 2 aromatic heterocycles. The minimum Gasteiger partial charge on any atom is -0.508 e. The highest BCUT2D eigenvalue weighted by atomic mass is 35.5. The number of anilines is 1. The van der Waals surface area contributed by atoms with Crippen LogP contribution in [-0.2, 0) is 50.6 Å². The number of rotatable bonds is 29. The van der Waals surface area contributed by atoms with Gasteiger partial charge in [0.2, 0.25) is 52.0 Å². The second-order valence-corrected chi connectivity index (χ2v) is 39.7. The number of halogens is 2. The van der Waals surface area contributed by atoms with Crippen LogP contribution >= 0.6 is 58.4 Å². The molecule has 0 radical (unpaired) electrons. The number of ether oxygens (including phenoxy) is 5. The van der Waals surface area contributed by atoms with Crippen LogP contribution in [0.25, 0.3) is 22.3 Å². The summed E-state index contributed by atoms with van der Waals surface area (Å²) in [6.45, 7) is 5.13. The van der Waals surface area contributed by atoms with Gasteiger partial charge in [0.15, 0.2) is 77.3 Å². The Hall–Kier alpha value is -11.0. The number of phosphoric ester groups is 3. The molecule has 7 aliphatic rings. The number of benzene rings is 5. The molecular formula is C81H99Cl2N16O35P3S. The largest absolute Gasteiger partial charge is 0.508 e. The van der Waals surface area contributed by atoms with Gasteiger partial charge in [-0.15, -0.1) is 0 Å². The first-order chi connectivity index (χ1) is 64.5. The number of hydrogen-bond acceptors (Lipinski definition) is 38. The van der Waals surface area contributed by atoms with Crippen LogP contribution in [0.1, 0.15) is 132 Å². The number of carbonyl (C=O) groups excluding carboxylic acids is 1. The summed E-state index contributed by atoms with van der Waals surface area (Å²) in [6.07, 6.45) is -16.7. The summed E-state index contributed by atoms with van der Waals surface area (Å²) in [5, 5.41) is 223. The number of imidazole rings is 1. The number of aliphatic hydroxyl groups excluding tert-OH is 12. The number of carbonyl (C=O) groups is 1. The fourth-order valence-corrected chi connectivity index (χ4v) is 19.0. The molecule has 748 valence electrons. The standard InChI is InChI=1S/C81H99Cl2N16O35P3S/c1-32(2)18-43(87-7)70(109)97-59-62(105)35-9-12-47(41(82)20-35)129-49-22-37-23-50(63(49)106)130-48-13-10-36(21-42(48)83)65(132-54-27-80(6,86)81(117,118)33(3)128-54)60-75(114)96-58(40-24-38(100)25-46(102)55(40)39-19-34(8-11-45(39)101)56(72(111)98-60)95-73(112)57(37)94-71(110)44(26-52(84)103)93-74(59)113)78(116)138-17-16-88-53(104)14-15-89-76(115)67(108)79(4,5)29-127-137(124,125)134-136(122,123)126-28-51-66(133-135(119,120)121)64(107)77(131-51)99-31-92-61-68(85)90-30-91-69(61)99/h8-13,19-25,30-33,43-44,51,54,56-60,62,64-67,77,87,100-102,105-108,117-118H,14-18,26-29,86H2,1-7H3,(H2,84,103)(H,88,104)(H,89,115)(H,93,113)(H,94,110)(H,95,112)(H,96,114)(H,97,109)(H,98,111)(H,122,123)(H,124,125)(H2,85,90,91)(H2,119,120,121). The van der Waals surface area contributed by atoms with Gasteiger partial charge in [-0.2, -0.15) is 4.31 Å². The van der Waals surface area contributed by atoms with Crippen molar-refractivity contribution in [2.45, 2.75) is 176 Å². The smallest absolute Gasteiger partial charge is 0.481 e. The van der Waals surface area contributed by atoms with Crippen LogP contribution in [0.3, 0.4) is 0 Å². The summed E-state index contributed by atoms with van der Waals surface area (Å²) in [7, 11) is -15.5. The van der Waals surface area contributed by atoms with E-state index >= 15 is 4.79 Å². The van der Waals surface area contributed by atoms with Crippen molar-refractivity contribution >= 4 is 134 Å². The van der Waals surface area contributed by atoms with Crippen molar-refractivity contribution in [3.8, 4) is 57.1 Å². The van der Waals surface area contributed by atoms with Gasteiger partial charge in [-0.25, -0.2) is 58.6 Å². The molecule has 0 spiro atoms. The molecule has 57 heteroatoms. The van der Waals surface area contributed by atoms with Gasteiger partial charge >= 0.3 is 23.5 Å². The molecule has 7 aromatic rings. The van der Waals surface area contributed by atoms with E-state index in [2.05, 4.69) is 64.5 Å². The van der Waals surface area contributed by atoms with Crippen molar-refractivity contribution in [1.82, 2.24) is 24.8 Å². The average Bonchev–Trinajstić information content (AvgIpc) is 1.26. The second kappa shape index (κ2) is 42.6. The number of aliphatic hydroxyl groups is 14. The van der Waals surface area contributed by atoms with Gasteiger partial charge < -0.3 is 152 Å². The van der Waals surface area contributed by atoms with Gasteiger partial charge in [0.05, 0.1) is 60.7 Å². The number of hydrogen-bond donors (Lipinski definition) is 26. The van der Waals surface area contributed by atoms with Gasteiger partial charge in [-0.1, -0.05) is 80.9 Å². The van der Waals surface area contributed by atoms with E-state index in [0.29, 0.717) is 11.8 Å². The molecule has 19 atom stereocenters. The third kappa shape index (κ3) is 24.5. The first-order valence-electron chi connectivity index (χ1n) is 41.5. The SMILES string of the molecule is CNC(CC(C)C)C(O)=NC1C(O)=NC(CC(=N)O)C(O)=NC2C(O)=NC3C(O)=NC(C(O)=NC(C(=O)SCCN=C(O)CCN=C(O)C(O)C(C)(C)COP(=O)(O)OP(=O)(O)OCC4OC(n5cnc6c(N)ncnc65)C(O)C4OP(=O)(O)O)c4cc(O)cc(O)c4-c4cc3ccc4O)C(OC3CC(C)(N)C(O)(O)C(C)O3)c3ccc(c(Cl)c3)Oc3cc2cc(c3O)Oc2ccc(cc2Cl)C1O. The molecule has 2 fully saturated rings. The van der Waals surface area contributed by atoms with Gasteiger partial charge in [-0.3, -0.25) is 38.3 Å². The highest BCUT2D eigenvalue weighted by Gasteiger charge is 2.56. The first-order valence-corrected chi connectivity index (χ1v) is 47.8. The molecule has 2 saturated heterocycles. The van der Waals surface area contributed by atoms with Crippen LogP contribution in [0.4, 0.5) is 5.82 Å². The van der Waals surface area contributed by atoms with Gasteiger partial charge in [0.1, 0.15) is 95.4 Å². The summed E-state index contributed by atoms with van der Waals surface area (Å²) in [5.74, 6) is -18.5. The zero-order valence-electron chi connectivity index (χ0n) is 73.5. The Bertz CT molecular complexity index is 6190. The molecule has 11 bridgehead atoms. The molecule has 19 unspecified atom stereocenters. The first kappa shape index (κ1) is 106. The molecule has 9 heterocycles. The zero-order valence-corrected chi connectivity index (χ0v) is 78.5. The number of aromatic hydroxyl groups is 4. The summed E-state index contributed by atoms with van der Waals surface area (Å²) in [4.78, 5) is 102. The van der Waals surface area contributed by atoms with Gasteiger partial charge in [-0.05, 0) is 110 Å². The quantitative estimate of drug-likeness (QED) is 0.00688. The van der Waals surface area contributed by atoms with Crippen molar-refractivity contribution < 1.29 is 172 Å². The number of aliphatic imine (C=N–C) groups is 8. The van der Waals surface area contributed by atoms with E-state index in [1.165, 1.54) is 51.2 Å². The number of aromatic nitrogens is 4. The number of phenols is 4. The van der Waals surface area contributed by atoms with E-state index in [1.54, 1.807) is 0 Å². The van der Waals surface area contributed by atoms with E-state index in [0.717, 1.165) is 79.6 Å². The Labute approximate surface area is 795 Å². The molecule has 138 heavy (non-hydrogen) atoms. The normalized spacial score (nSPS) is 25.9. The van der Waals surface area contributed by atoms with Gasteiger partial charge in [0.25, 0.3) is 0 Å². The topological polar surface area (TPSA) is 827 Å². The Kier molecular flexibility index (Phi) is 32.7. The van der Waals surface area contributed by atoms with E-state index in [-0.39, 0.29) is 62.5 Å². The maximum atomic E-state index is 15.3. The van der Waals surface area contributed by atoms with Crippen molar-refractivity contribution in [1.29, 1.82) is 5.41 Å². The molecule has 5 aromatic carbocycles. The summed E-state index contributed by atoms with van der Waals surface area (Å²) >= 11 is 14.5. The third-order valence-electron chi connectivity index (χ3n) is 22.2. The highest BCUT2D eigenvalue weighted by molar-refractivity contribution is 8.13. The number of thioether (sulfide) groups is 1. The van der Waals surface area contributed by atoms with Crippen molar-refractivity contribution in [3.63, 3.8) is 0 Å². The summed E-state index contributed by atoms with van der Waals surface area (Å²) in [5.41, 5.74) is 5.94. The van der Waals surface area contributed by atoms with E-state index in [1.807, 2.05) is 13.8 Å². The Morgan fingerprint density at radius 1 is 0.746 bits per heavy atom. The number of fused-ring (bicyclic) bond motifs is 13. The number of phosphoric acid groups is 3. The monoisotopic (exact) mass is 2050 g/mol. The third-order valence-corrected chi connectivity index (χ3v) is 26.8. The minimum absolute atomic E-state index is 0.0172. The molecule has 0 aliphatic carbocycles. The lowest BCUT2D eigenvalue weighted by Crippen LogP contribution is -2.69. The fraction of sp³-hybridized carbons (Fsp3) is 0.444. The summed E-state index contributed by atoms with van der Waals surface area (Å²) < 4.78 is 89.2. The van der Waals surface area contributed by atoms with Crippen LogP contribution in [0.15, 0.2) is 131 Å². The molecule has 0 saturated carbocycles. The van der Waals surface area contributed by atoms with Crippen LogP contribution in [0.5, 0.6) is 46.0 Å². The van der Waals surface area contributed by atoms with Crippen LogP contribution in [-0.4, -0.2) is 301 Å². The molecule has 28 N–H and O–H groups in total. The molecular weight excluding hydrogens is 1950 g/mol. The Balaban J connectivity index is 0.862. The number of nitrogens with zero attached hydrogens (tertiary/aromatic N) is 12. The lowest BCUT2D eigenvalue weighted by atomic mass is 9.82. The summed E-state index contributed by atoms with van der Waals surface area (Å²) in [6, 6.07) is -0.0899. The lowest BCUT2D eigenvalue weighted by Gasteiger charge is -2.49. The van der Waals surface area contributed by atoms with Crippen LogP contribution in [0.2, 0.25) is 10.0 Å². The highest BCUT2D eigenvalue weighted by Crippen LogP contribution is 2.62. The van der Waals surface area contributed by atoms with Crippen molar-refractivity contribution in [3.05, 3.63) is 129 Å². The average molecular weight is 2050 g/mol. The lowest BCUT2D eigenvalue weighted by molar-refractivity contribution is -0.347. The minimum atomic E-state index is -5.78. The van der Waals surface area contributed by atoms with Crippen LogP contribution in [0, 0.1) is 16.7 Å². The van der Waals surface area contributed by atoms with E-state index in [9.17, 15) is 125 Å². The Morgan fingerprint density at radius 2 is 1.38 bits per heavy atom. The predicted molar refractivity (Wildman–Crippen MR) is 494 cm³/mol. The molecule has 0 amide bonds. The number of likely N-dealkylation sites (N-methyl/N-ethyl adjacent to an activating group) is 1. The second-order valence-electron chi connectivity index (χ2n) is 33.5. The van der Waals surface area contributed by atoms with Gasteiger partial charge in [0, 0.05) is 46.8 Å². The predicted octanol–water partition coefficient (Wildman–Crippen LogP) is 8.32. The zero-order chi connectivity index (χ0) is 101. The molecule has 14 rings (SSSR count). The number of nitrogens with two attached hydrogens (primary N) is 2. The molecule has 7 aliphatic heterocycles. The number of nitrogen functional groups attached to an aromatic ring is 1. The van der Waals surface area contributed by atoms with Crippen LogP contribution < -0.4 is 26.3 Å². The van der Waals surface area contributed by atoms with Crippen molar-refractivity contribution in [2.75, 3.05) is 44.8 Å². The van der Waals surface area contributed by atoms with E-state index < -0.39 is 309 Å². The maximum absolute atomic E-state index is 15.3.